The van der Waals surface area contributed by atoms with E-state index in [9.17, 15) is 4.79 Å². The van der Waals surface area contributed by atoms with Crippen LogP contribution in [0.5, 0.6) is 5.75 Å². The molecule has 2 rings (SSSR count). The zero-order chi connectivity index (χ0) is 17.4. The Labute approximate surface area is 152 Å². The Kier molecular flexibility index (Phi) is 7.22. The van der Waals surface area contributed by atoms with Gasteiger partial charge >= 0.3 is 0 Å². The van der Waals surface area contributed by atoms with Gasteiger partial charge in [-0.25, -0.2) is 0 Å². The summed E-state index contributed by atoms with van der Waals surface area (Å²) in [7, 11) is 0. The summed E-state index contributed by atoms with van der Waals surface area (Å²) in [4.78, 5) is 12.1. The lowest BCUT2D eigenvalue weighted by molar-refractivity contribution is -0.114. The standard InChI is InChI=1S/C18H20Cl2N2O2/c1-2-3-9-24-15-6-4-5-14(11-15)22-18(23)12-21-17-10-13(19)7-8-16(17)20/h4-8,10-11,21H,2-3,9,12H2,1H3,(H,22,23). The zero-order valence-corrected chi connectivity index (χ0v) is 15.0. The maximum Gasteiger partial charge on any atom is 0.243 e. The second-order valence-corrected chi connectivity index (χ2v) is 6.10. The van der Waals surface area contributed by atoms with E-state index in [-0.39, 0.29) is 12.5 Å². The molecule has 0 aromatic heterocycles. The lowest BCUT2D eigenvalue weighted by Gasteiger charge is -2.11. The van der Waals surface area contributed by atoms with Crippen molar-refractivity contribution in [3.63, 3.8) is 0 Å². The summed E-state index contributed by atoms with van der Waals surface area (Å²) in [6.07, 6.45) is 2.08. The molecule has 2 aromatic carbocycles. The highest BCUT2D eigenvalue weighted by molar-refractivity contribution is 6.35. The average Bonchev–Trinajstić information content (AvgIpc) is 2.56. The van der Waals surface area contributed by atoms with Gasteiger partial charge in [0.05, 0.1) is 23.9 Å². The smallest absolute Gasteiger partial charge is 0.243 e. The van der Waals surface area contributed by atoms with Crippen LogP contribution in [-0.4, -0.2) is 19.1 Å². The number of rotatable bonds is 8. The van der Waals surface area contributed by atoms with Crippen LogP contribution in [0.2, 0.25) is 10.0 Å². The number of anilines is 2. The van der Waals surface area contributed by atoms with Gasteiger partial charge in [-0.2, -0.15) is 0 Å². The van der Waals surface area contributed by atoms with Crippen LogP contribution < -0.4 is 15.4 Å². The topological polar surface area (TPSA) is 50.4 Å². The molecule has 0 atom stereocenters. The fourth-order valence-corrected chi connectivity index (χ4v) is 2.37. The van der Waals surface area contributed by atoms with Crippen LogP contribution in [0.25, 0.3) is 0 Å². The number of benzene rings is 2. The summed E-state index contributed by atoms with van der Waals surface area (Å²) in [6, 6.07) is 12.4. The number of hydrogen-bond donors (Lipinski definition) is 2. The molecule has 0 aliphatic heterocycles. The molecule has 1 amide bonds. The molecule has 0 heterocycles. The Morgan fingerprint density at radius 2 is 2.00 bits per heavy atom. The van der Waals surface area contributed by atoms with Crippen LogP contribution >= 0.6 is 23.2 Å². The molecule has 0 spiro atoms. The van der Waals surface area contributed by atoms with Crippen molar-refractivity contribution in [1.29, 1.82) is 0 Å². The summed E-state index contributed by atoms with van der Waals surface area (Å²) in [5.41, 5.74) is 1.31. The van der Waals surface area contributed by atoms with E-state index in [1.807, 2.05) is 18.2 Å². The second kappa shape index (κ2) is 9.40. The number of unbranched alkanes of at least 4 members (excludes halogenated alkanes) is 1. The minimum absolute atomic E-state index is 0.0843. The maximum absolute atomic E-state index is 12.1. The van der Waals surface area contributed by atoms with Crippen LogP contribution in [0.4, 0.5) is 11.4 Å². The summed E-state index contributed by atoms with van der Waals surface area (Å²) < 4.78 is 5.63. The highest BCUT2D eigenvalue weighted by atomic mass is 35.5. The molecule has 128 valence electrons. The van der Waals surface area contributed by atoms with Crippen molar-refractivity contribution in [2.24, 2.45) is 0 Å². The van der Waals surface area contributed by atoms with E-state index >= 15 is 0 Å². The average molecular weight is 367 g/mol. The number of halogens is 2. The van der Waals surface area contributed by atoms with Gasteiger partial charge in [0, 0.05) is 16.8 Å². The third-order valence-corrected chi connectivity index (χ3v) is 3.82. The van der Waals surface area contributed by atoms with Crippen molar-refractivity contribution in [3.05, 3.63) is 52.5 Å². The first kappa shape index (κ1) is 18.4. The molecule has 0 unspecified atom stereocenters. The Bertz CT molecular complexity index is 692. The largest absolute Gasteiger partial charge is 0.494 e. The van der Waals surface area contributed by atoms with Gasteiger partial charge in [-0.3, -0.25) is 4.79 Å². The van der Waals surface area contributed by atoms with Crippen molar-refractivity contribution in [2.45, 2.75) is 19.8 Å². The van der Waals surface area contributed by atoms with E-state index in [1.165, 1.54) is 0 Å². The van der Waals surface area contributed by atoms with Gasteiger partial charge in [0.2, 0.25) is 5.91 Å². The van der Waals surface area contributed by atoms with Gasteiger partial charge in [-0.15, -0.1) is 0 Å². The lowest BCUT2D eigenvalue weighted by Crippen LogP contribution is -2.21. The van der Waals surface area contributed by atoms with E-state index in [0.29, 0.717) is 28.0 Å². The third-order valence-electron chi connectivity index (χ3n) is 3.25. The summed E-state index contributed by atoms with van der Waals surface area (Å²) in [5, 5.41) is 6.86. The number of ether oxygens (including phenoxy) is 1. The minimum Gasteiger partial charge on any atom is -0.494 e. The predicted molar refractivity (Wildman–Crippen MR) is 100 cm³/mol. The SMILES string of the molecule is CCCCOc1cccc(NC(=O)CNc2cc(Cl)ccc2Cl)c1. The summed E-state index contributed by atoms with van der Waals surface area (Å²) in [6.45, 7) is 2.86. The van der Waals surface area contributed by atoms with Gasteiger partial charge in [0.15, 0.2) is 0 Å². The number of nitrogens with one attached hydrogen (secondary N) is 2. The minimum atomic E-state index is -0.184. The zero-order valence-electron chi connectivity index (χ0n) is 13.4. The molecule has 2 aromatic rings. The van der Waals surface area contributed by atoms with Gasteiger partial charge in [0.25, 0.3) is 0 Å². The molecule has 6 heteroatoms. The molecule has 2 N–H and O–H groups in total. The Hall–Kier alpha value is -1.91. The molecule has 0 radical (unpaired) electrons. The summed E-state index contributed by atoms with van der Waals surface area (Å²) in [5.74, 6) is 0.559. The predicted octanol–water partition coefficient (Wildman–Crippen LogP) is 5.22. The van der Waals surface area contributed by atoms with E-state index in [1.54, 1.807) is 24.3 Å². The lowest BCUT2D eigenvalue weighted by atomic mass is 10.3. The maximum atomic E-state index is 12.1. The molecule has 0 saturated heterocycles. The van der Waals surface area contributed by atoms with Crippen LogP contribution in [0.3, 0.4) is 0 Å². The van der Waals surface area contributed by atoms with Crippen molar-refractivity contribution in [2.75, 3.05) is 23.8 Å². The first-order chi connectivity index (χ1) is 11.6. The quantitative estimate of drug-likeness (QED) is 0.629. The Balaban J connectivity index is 1.88. The number of carbonyl (C=O) groups excluding carboxylic acids is 1. The third kappa shape index (κ3) is 5.95. The van der Waals surface area contributed by atoms with Crippen molar-refractivity contribution in [1.82, 2.24) is 0 Å². The molecule has 0 aliphatic carbocycles. The molecular formula is C18H20Cl2N2O2. The molecule has 4 nitrogen and oxygen atoms in total. The Morgan fingerprint density at radius 1 is 1.17 bits per heavy atom. The summed E-state index contributed by atoms with van der Waals surface area (Å²) >= 11 is 12.0. The first-order valence-electron chi connectivity index (χ1n) is 7.80. The molecule has 0 aliphatic rings. The van der Waals surface area contributed by atoms with Crippen LogP contribution in [0.15, 0.2) is 42.5 Å². The van der Waals surface area contributed by atoms with Crippen molar-refractivity contribution >= 4 is 40.5 Å². The van der Waals surface area contributed by atoms with Crippen LogP contribution in [0, 0.1) is 0 Å². The molecule has 24 heavy (non-hydrogen) atoms. The van der Waals surface area contributed by atoms with Crippen LogP contribution in [-0.2, 0) is 4.79 Å². The van der Waals surface area contributed by atoms with Gasteiger partial charge in [0.1, 0.15) is 5.75 Å². The van der Waals surface area contributed by atoms with Crippen molar-refractivity contribution < 1.29 is 9.53 Å². The van der Waals surface area contributed by atoms with E-state index in [4.69, 9.17) is 27.9 Å². The van der Waals surface area contributed by atoms with Gasteiger partial charge in [-0.05, 0) is 36.8 Å². The molecule has 0 bridgehead atoms. The fourth-order valence-electron chi connectivity index (χ4n) is 2.01. The number of carbonyl (C=O) groups is 1. The highest BCUT2D eigenvalue weighted by Gasteiger charge is 2.06. The normalized spacial score (nSPS) is 10.3. The second-order valence-electron chi connectivity index (χ2n) is 5.26. The van der Waals surface area contributed by atoms with Crippen molar-refractivity contribution in [3.8, 4) is 5.75 Å². The van der Waals surface area contributed by atoms with E-state index < -0.39 is 0 Å². The first-order valence-corrected chi connectivity index (χ1v) is 8.55. The molecular weight excluding hydrogens is 347 g/mol. The molecule has 0 fully saturated rings. The highest BCUT2D eigenvalue weighted by Crippen LogP contribution is 2.25. The fraction of sp³-hybridized carbons (Fsp3) is 0.278. The number of amides is 1. The number of hydrogen-bond acceptors (Lipinski definition) is 3. The molecule has 0 saturated carbocycles. The van der Waals surface area contributed by atoms with E-state index in [0.717, 1.165) is 18.6 Å². The van der Waals surface area contributed by atoms with Crippen LogP contribution in [0.1, 0.15) is 19.8 Å². The van der Waals surface area contributed by atoms with Gasteiger partial charge in [-0.1, -0.05) is 42.6 Å². The Morgan fingerprint density at radius 3 is 2.79 bits per heavy atom. The van der Waals surface area contributed by atoms with Gasteiger partial charge < -0.3 is 15.4 Å². The monoisotopic (exact) mass is 366 g/mol. The van der Waals surface area contributed by atoms with E-state index in [2.05, 4.69) is 17.6 Å².